The summed E-state index contributed by atoms with van der Waals surface area (Å²) >= 11 is 3.36. The van der Waals surface area contributed by atoms with Crippen LogP contribution >= 0.6 is 15.9 Å². The van der Waals surface area contributed by atoms with E-state index in [1.54, 1.807) is 56.5 Å². The Hall–Kier alpha value is -3.57. The molecule has 1 N–H and O–H groups in total. The average molecular weight is 647 g/mol. The van der Waals surface area contributed by atoms with Gasteiger partial charge in [-0.1, -0.05) is 36.8 Å². The number of nitrogens with one attached hydrogen (secondary N) is 1. The molecule has 41 heavy (non-hydrogen) atoms. The quantitative estimate of drug-likeness (QED) is 0.283. The van der Waals surface area contributed by atoms with Gasteiger partial charge in [-0.2, -0.15) is 0 Å². The van der Waals surface area contributed by atoms with Gasteiger partial charge in [-0.25, -0.2) is 8.42 Å². The van der Waals surface area contributed by atoms with E-state index in [-0.39, 0.29) is 17.3 Å². The van der Waals surface area contributed by atoms with Gasteiger partial charge in [0.2, 0.25) is 11.8 Å². The van der Waals surface area contributed by atoms with Crippen molar-refractivity contribution in [1.82, 2.24) is 10.2 Å². The van der Waals surface area contributed by atoms with Gasteiger partial charge in [0.05, 0.1) is 29.3 Å². The Morgan fingerprint density at radius 3 is 2.15 bits per heavy atom. The van der Waals surface area contributed by atoms with Crippen molar-refractivity contribution in [3.63, 3.8) is 0 Å². The molecule has 0 aromatic heterocycles. The number of hydrogen-bond donors (Lipinski definition) is 1. The van der Waals surface area contributed by atoms with Crippen LogP contribution in [-0.4, -0.2) is 58.5 Å². The highest BCUT2D eigenvalue weighted by Crippen LogP contribution is 2.31. The molecule has 0 saturated carbocycles. The molecule has 0 bridgehead atoms. The minimum absolute atomic E-state index is 0.0176. The molecule has 1 atom stereocenters. The lowest BCUT2D eigenvalue weighted by Crippen LogP contribution is -2.52. The van der Waals surface area contributed by atoms with E-state index >= 15 is 0 Å². The van der Waals surface area contributed by atoms with Crippen molar-refractivity contribution in [2.45, 2.75) is 44.7 Å². The number of benzene rings is 3. The number of hydrogen-bond acceptors (Lipinski definition) is 6. The lowest BCUT2D eigenvalue weighted by atomic mass is 10.1. The highest BCUT2D eigenvalue weighted by molar-refractivity contribution is 9.10. The summed E-state index contributed by atoms with van der Waals surface area (Å²) in [5.74, 6) is 0.307. The zero-order valence-corrected chi connectivity index (χ0v) is 26.3. The molecule has 0 spiro atoms. The van der Waals surface area contributed by atoms with E-state index in [2.05, 4.69) is 21.2 Å². The number of ether oxygens (including phenoxy) is 2. The van der Waals surface area contributed by atoms with Crippen LogP contribution in [0.4, 0.5) is 5.69 Å². The van der Waals surface area contributed by atoms with Crippen LogP contribution in [-0.2, 0) is 26.2 Å². The van der Waals surface area contributed by atoms with E-state index in [9.17, 15) is 18.0 Å². The fourth-order valence-electron chi connectivity index (χ4n) is 4.31. The third-order valence-electron chi connectivity index (χ3n) is 6.56. The van der Waals surface area contributed by atoms with Gasteiger partial charge in [0.15, 0.2) is 0 Å². The summed E-state index contributed by atoms with van der Waals surface area (Å²) in [5.41, 5.74) is 2.03. The molecule has 0 aliphatic rings. The van der Waals surface area contributed by atoms with Crippen LogP contribution in [0.2, 0.25) is 0 Å². The van der Waals surface area contributed by atoms with Gasteiger partial charge in [0.25, 0.3) is 10.0 Å². The van der Waals surface area contributed by atoms with Gasteiger partial charge in [-0.05, 0) is 84.2 Å². The van der Waals surface area contributed by atoms with Crippen LogP contribution in [0.3, 0.4) is 0 Å². The molecule has 0 aliphatic heterocycles. The monoisotopic (exact) mass is 645 g/mol. The SMILES string of the molecule is CCNC(=O)C(CC)N(Cc1ccc(OC)cc1)C(=O)CN(c1ccc(C)cc1)S(=O)(=O)c1ccc(OC)c(Br)c1. The third-order valence-corrected chi connectivity index (χ3v) is 8.95. The first-order valence-electron chi connectivity index (χ1n) is 13.2. The van der Waals surface area contributed by atoms with Gasteiger partial charge >= 0.3 is 0 Å². The molecule has 2 amide bonds. The Morgan fingerprint density at radius 1 is 0.951 bits per heavy atom. The van der Waals surface area contributed by atoms with Gasteiger partial charge in [0, 0.05) is 13.1 Å². The van der Waals surface area contributed by atoms with E-state index in [4.69, 9.17) is 9.47 Å². The number of amides is 2. The lowest BCUT2D eigenvalue weighted by Gasteiger charge is -2.33. The molecule has 0 aliphatic carbocycles. The molecule has 0 heterocycles. The number of nitrogens with zero attached hydrogens (tertiary/aromatic N) is 2. The summed E-state index contributed by atoms with van der Waals surface area (Å²) in [5, 5.41) is 2.80. The second-order valence-electron chi connectivity index (χ2n) is 9.33. The first-order chi connectivity index (χ1) is 19.5. The van der Waals surface area contributed by atoms with E-state index in [1.165, 1.54) is 24.1 Å². The van der Waals surface area contributed by atoms with Crippen LogP contribution in [0.1, 0.15) is 31.4 Å². The first kappa shape index (κ1) is 32.0. The zero-order valence-electron chi connectivity index (χ0n) is 23.9. The van der Waals surface area contributed by atoms with E-state index in [0.29, 0.717) is 34.6 Å². The molecule has 0 radical (unpaired) electrons. The third kappa shape index (κ3) is 7.80. The molecule has 3 aromatic rings. The number of sulfonamides is 1. The van der Waals surface area contributed by atoms with Crippen molar-refractivity contribution in [2.24, 2.45) is 0 Å². The minimum atomic E-state index is -4.20. The van der Waals surface area contributed by atoms with Crippen molar-refractivity contribution in [3.8, 4) is 11.5 Å². The largest absolute Gasteiger partial charge is 0.497 e. The number of aryl methyl sites for hydroxylation is 1. The van der Waals surface area contributed by atoms with Crippen LogP contribution in [0.15, 0.2) is 76.1 Å². The highest BCUT2D eigenvalue weighted by atomic mass is 79.9. The van der Waals surface area contributed by atoms with Gasteiger partial charge in [-0.3, -0.25) is 13.9 Å². The molecular weight excluding hydrogens is 610 g/mol. The summed E-state index contributed by atoms with van der Waals surface area (Å²) in [7, 11) is -1.15. The van der Waals surface area contributed by atoms with Crippen molar-refractivity contribution >= 4 is 43.5 Å². The Balaban J connectivity index is 2.07. The summed E-state index contributed by atoms with van der Waals surface area (Å²) < 4.78 is 40.1. The molecule has 3 aromatic carbocycles. The maximum absolute atomic E-state index is 14.1. The first-order valence-corrected chi connectivity index (χ1v) is 15.4. The number of methoxy groups -OCH3 is 2. The molecule has 11 heteroatoms. The summed E-state index contributed by atoms with van der Waals surface area (Å²) in [6.07, 6.45) is 0.344. The Bertz CT molecular complexity index is 1450. The topological polar surface area (TPSA) is 105 Å². The Kier molecular flexibility index (Phi) is 11.2. The summed E-state index contributed by atoms with van der Waals surface area (Å²) in [6, 6.07) is 17.7. The normalized spacial score (nSPS) is 11.9. The Morgan fingerprint density at radius 2 is 1.61 bits per heavy atom. The molecule has 0 fully saturated rings. The molecule has 9 nitrogen and oxygen atoms in total. The minimum Gasteiger partial charge on any atom is -0.497 e. The predicted molar refractivity (Wildman–Crippen MR) is 163 cm³/mol. The standard InChI is InChI=1S/C30H36BrN3O6S/c1-6-27(30(36)32-7-2)33(19-22-10-14-24(39-4)15-11-22)29(35)20-34(23-12-8-21(3)9-13-23)41(37,38)25-16-17-28(40-5)26(31)18-25/h8-18,27H,6-7,19-20H2,1-5H3,(H,32,36). The Labute approximate surface area is 250 Å². The maximum atomic E-state index is 14.1. The van der Waals surface area contributed by atoms with Crippen LogP contribution < -0.4 is 19.1 Å². The highest BCUT2D eigenvalue weighted by Gasteiger charge is 2.33. The van der Waals surface area contributed by atoms with Crippen molar-refractivity contribution in [3.05, 3.63) is 82.3 Å². The van der Waals surface area contributed by atoms with Crippen molar-refractivity contribution in [1.29, 1.82) is 0 Å². The molecule has 220 valence electrons. The van der Waals surface area contributed by atoms with Crippen LogP contribution in [0.5, 0.6) is 11.5 Å². The number of halogens is 1. The van der Waals surface area contributed by atoms with E-state index in [0.717, 1.165) is 15.4 Å². The number of carbonyl (C=O) groups is 2. The van der Waals surface area contributed by atoms with Gasteiger partial charge in [0.1, 0.15) is 24.1 Å². The lowest BCUT2D eigenvalue weighted by molar-refractivity contribution is -0.140. The average Bonchev–Trinajstić information content (AvgIpc) is 2.96. The van der Waals surface area contributed by atoms with Crippen LogP contribution in [0.25, 0.3) is 0 Å². The molecule has 1 unspecified atom stereocenters. The van der Waals surface area contributed by atoms with Gasteiger partial charge in [-0.15, -0.1) is 0 Å². The smallest absolute Gasteiger partial charge is 0.264 e. The summed E-state index contributed by atoms with van der Waals surface area (Å²) in [6.45, 7) is 5.51. The second-order valence-corrected chi connectivity index (χ2v) is 12.0. The second kappa shape index (κ2) is 14.4. The number of likely N-dealkylation sites (N-methyl/N-ethyl adjacent to an activating group) is 1. The predicted octanol–water partition coefficient (Wildman–Crippen LogP) is 4.91. The molecular formula is C30H36BrN3O6S. The van der Waals surface area contributed by atoms with E-state index in [1.807, 2.05) is 26.0 Å². The zero-order chi connectivity index (χ0) is 30.2. The fraction of sp³-hybridized carbons (Fsp3) is 0.333. The number of rotatable bonds is 13. The maximum Gasteiger partial charge on any atom is 0.264 e. The molecule has 3 rings (SSSR count). The van der Waals surface area contributed by atoms with Crippen molar-refractivity contribution in [2.75, 3.05) is 31.6 Å². The molecule has 0 saturated heterocycles. The van der Waals surface area contributed by atoms with Crippen molar-refractivity contribution < 1.29 is 27.5 Å². The summed E-state index contributed by atoms with van der Waals surface area (Å²) in [4.78, 5) is 28.5. The number of carbonyl (C=O) groups excluding carboxylic acids is 2. The van der Waals surface area contributed by atoms with E-state index < -0.39 is 28.5 Å². The van der Waals surface area contributed by atoms with Gasteiger partial charge < -0.3 is 19.7 Å². The van der Waals surface area contributed by atoms with Crippen LogP contribution in [0, 0.1) is 6.92 Å². The fourth-order valence-corrected chi connectivity index (χ4v) is 6.45. The number of anilines is 1.